The van der Waals surface area contributed by atoms with E-state index in [1.165, 1.54) is 6.33 Å². The summed E-state index contributed by atoms with van der Waals surface area (Å²) in [4.78, 5) is 25.3. The number of carbonyl (C=O) groups excluding carboxylic acids is 1. The van der Waals surface area contributed by atoms with Crippen molar-refractivity contribution in [2.24, 2.45) is 7.05 Å². The SMILES string of the molecule is Cc1ncccc1-c1cc(Cn2ccn(C)c2=N)cc(C(=O)NCc2cncnc2)c1. The molecule has 0 saturated carbocycles. The van der Waals surface area contributed by atoms with E-state index in [0.29, 0.717) is 24.3 Å². The Morgan fingerprint density at radius 3 is 2.65 bits per heavy atom. The predicted octanol–water partition coefficient (Wildman–Crippen LogP) is 2.44. The maximum atomic E-state index is 12.9. The van der Waals surface area contributed by atoms with Gasteiger partial charge in [-0.25, -0.2) is 9.97 Å². The summed E-state index contributed by atoms with van der Waals surface area (Å²) in [6.45, 7) is 2.78. The van der Waals surface area contributed by atoms with Crippen molar-refractivity contribution < 1.29 is 4.79 Å². The molecule has 8 nitrogen and oxygen atoms in total. The highest BCUT2D eigenvalue weighted by Gasteiger charge is 2.12. The van der Waals surface area contributed by atoms with Crippen LogP contribution in [0.4, 0.5) is 0 Å². The van der Waals surface area contributed by atoms with E-state index in [0.717, 1.165) is 27.9 Å². The van der Waals surface area contributed by atoms with Gasteiger partial charge in [0.2, 0.25) is 5.62 Å². The number of rotatable bonds is 6. The lowest BCUT2D eigenvalue weighted by atomic mass is 9.98. The summed E-state index contributed by atoms with van der Waals surface area (Å²) in [6, 6.07) is 9.67. The summed E-state index contributed by atoms with van der Waals surface area (Å²) in [5.41, 5.74) is 5.47. The number of imidazole rings is 1. The summed E-state index contributed by atoms with van der Waals surface area (Å²) in [6.07, 6.45) is 10.3. The first-order valence-electron chi connectivity index (χ1n) is 9.85. The van der Waals surface area contributed by atoms with Gasteiger partial charge < -0.3 is 14.5 Å². The number of aryl methyl sites for hydroxylation is 2. The number of nitrogens with zero attached hydrogens (tertiary/aromatic N) is 5. The molecule has 3 aromatic heterocycles. The van der Waals surface area contributed by atoms with Gasteiger partial charge in [-0.1, -0.05) is 6.07 Å². The zero-order valence-electron chi connectivity index (χ0n) is 17.4. The Balaban J connectivity index is 1.68. The molecule has 2 N–H and O–H groups in total. The topological polar surface area (TPSA) is 101 Å². The molecule has 0 aliphatic heterocycles. The molecule has 1 amide bonds. The minimum atomic E-state index is -0.183. The molecule has 0 bridgehead atoms. The first kappa shape index (κ1) is 20.2. The van der Waals surface area contributed by atoms with Crippen LogP contribution in [-0.4, -0.2) is 30.0 Å². The number of hydrogen-bond acceptors (Lipinski definition) is 5. The number of nitrogens with one attached hydrogen (secondary N) is 2. The number of aromatic nitrogens is 5. The van der Waals surface area contributed by atoms with Gasteiger partial charge in [-0.3, -0.25) is 15.2 Å². The van der Waals surface area contributed by atoms with Gasteiger partial charge >= 0.3 is 0 Å². The van der Waals surface area contributed by atoms with E-state index in [9.17, 15) is 4.79 Å². The van der Waals surface area contributed by atoms with Crippen molar-refractivity contribution in [3.63, 3.8) is 0 Å². The van der Waals surface area contributed by atoms with Gasteiger partial charge in [0.05, 0.1) is 6.54 Å². The van der Waals surface area contributed by atoms with Crippen LogP contribution >= 0.6 is 0 Å². The van der Waals surface area contributed by atoms with E-state index in [4.69, 9.17) is 5.41 Å². The van der Waals surface area contributed by atoms with Crippen LogP contribution in [0.5, 0.6) is 0 Å². The third kappa shape index (κ3) is 4.58. The summed E-state index contributed by atoms with van der Waals surface area (Å²) in [5.74, 6) is -0.183. The number of carbonyl (C=O) groups is 1. The second-order valence-electron chi connectivity index (χ2n) is 7.34. The van der Waals surface area contributed by atoms with E-state index in [-0.39, 0.29) is 5.91 Å². The number of hydrogen-bond donors (Lipinski definition) is 2. The molecule has 4 aromatic rings. The van der Waals surface area contributed by atoms with Crippen molar-refractivity contribution in [3.05, 3.63) is 95.6 Å². The molecule has 0 aliphatic carbocycles. The maximum absolute atomic E-state index is 12.9. The van der Waals surface area contributed by atoms with Crippen molar-refractivity contribution in [2.75, 3.05) is 0 Å². The molecule has 0 fully saturated rings. The molecule has 1 aromatic carbocycles. The molecular weight excluding hydrogens is 390 g/mol. The number of pyridine rings is 1. The van der Waals surface area contributed by atoms with Gasteiger partial charge in [-0.15, -0.1) is 0 Å². The average Bonchev–Trinajstić information content (AvgIpc) is 3.10. The fourth-order valence-electron chi connectivity index (χ4n) is 3.41. The zero-order valence-corrected chi connectivity index (χ0v) is 17.4. The van der Waals surface area contributed by atoms with Gasteiger partial charge in [-0.2, -0.15) is 0 Å². The maximum Gasteiger partial charge on any atom is 0.251 e. The van der Waals surface area contributed by atoms with Crippen LogP contribution in [0.3, 0.4) is 0 Å². The van der Waals surface area contributed by atoms with Crippen LogP contribution < -0.4 is 10.9 Å². The molecule has 0 spiro atoms. The van der Waals surface area contributed by atoms with E-state index >= 15 is 0 Å². The summed E-state index contributed by atoms with van der Waals surface area (Å²) in [7, 11) is 1.83. The van der Waals surface area contributed by atoms with Crippen LogP contribution in [-0.2, 0) is 20.1 Å². The van der Waals surface area contributed by atoms with Gasteiger partial charge in [-0.05, 0) is 42.3 Å². The van der Waals surface area contributed by atoms with Crippen LogP contribution in [0.15, 0.2) is 67.6 Å². The van der Waals surface area contributed by atoms with Gasteiger partial charge in [0.25, 0.3) is 5.91 Å². The largest absolute Gasteiger partial charge is 0.348 e. The molecule has 0 atom stereocenters. The second-order valence-corrected chi connectivity index (χ2v) is 7.34. The summed E-state index contributed by atoms with van der Waals surface area (Å²) < 4.78 is 3.57. The molecule has 4 rings (SSSR count). The van der Waals surface area contributed by atoms with Crippen LogP contribution in [0, 0.1) is 12.3 Å². The first-order valence-corrected chi connectivity index (χ1v) is 9.85. The van der Waals surface area contributed by atoms with Crippen LogP contribution in [0.25, 0.3) is 11.1 Å². The average molecular weight is 413 g/mol. The molecule has 0 aliphatic rings. The van der Waals surface area contributed by atoms with E-state index in [2.05, 4.69) is 20.3 Å². The van der Waals surface area contributed by atoms with Crippen molar-refractivity contribution >= 4 is 5.91 Å². The fourth-order valence-corrected chi connectivity index (χ4v) is 3.41. The Morgan fingerprint density at radius 2 is 1.94 bits per heavy atom. The van der Waals surface area contributed by atoms with Gasteiger partial charge in [0, 0.05) is 67.0 Å². The lowest BCUT2D eigenvalue weighted by Crippen LogP contribution is -2.24. The van der Waals surface area contributed by atoms with Crippen molar-refractivity contribution in [2.45, 2.75) is 20.0 Å². The van der Waals surface area contributed by atoms with Crippen LogP contribution in [0.2, 0.25) is 0 Å². The van der Waals surface area contributed by atoms with Crippen LogP contribution in [0.1, 0.15) is 27.2 Å². The third-order valence-electron chi connectivity index (χ3n) is 5.07. The Bertz CT molecular complexity index is 1270. The van der Waals surface area contributed by atoms with Crippen molar-refractivity contribution in [1.82, 2.24) is 29.4 Å². The highest BCUT2D eigenvalue weighted by atomic mass is 16.1. The van der Waals surface area contributed by atoms with E-state index in [1.807, 2.05) is 61.3 Å². The second kappa shape index (κ2) is 8.74. The smallest absolute Gasteiger partial charge is 0.251 e. The summed E-state index contributed by atoms with van der Waals surface area (Å²) >= 11 is 0. The zero-order chi connectivity index (χ0) is 21.8. The lowest BCUT2D eigenvalue weighted by Gasteiger charge is -2.12. The minimum Gasteiger partial charge on any atom is -0.348 e. The Morgan fingerprint density at radius 1 is 1.13 bits per heavy atom. The molecular formula is C23H23N7O. The molecule has 0 radical (unpaired) electrons. The predicted molar refractivity (Wildman–Crippen MR) is 116 cm³/mol. The number of benzene rings is 1. The minimum absolute atomic E-state index is 0.183. The Kier molecular flexibility index (Phi) is 5.70. The normalized spacial score (nSPS) is 10.8. The molecule has 156 valence electrons. The molecule has 3 heterocycles. The highest BCUT2D eigenvalue weighted by Crippen LogP contribution is 2.25. The fraction of sp³-hybridized carbons (Fsp3) is 0.174. The standard InChI is InChI=1S/C23H23N7O/c1-16-21(4-3-5-27-16)19-8-17(14-30-7-6-29(2)23(30)24)9-20(10-19)22(31)28-13-18-11-25-15-26-12-18/h3-12,15,24H,13-14H2,1-2H3,(H,28,31). The van der Waals surface area contributed by atoms with Gasteiger partial charge in [0.15, 0.2) is 0 Å². The monoisotopic (exact) mass is 413 g/mol. The summed E-state index contributed by atoms with van der Waals surface area (Å²) in [5, 5.41) is 11.1. The highest BCUT2D eigenvalue weighted by molar-refractivity contribution is 5.95. The molecule has 8 heteroatoms. The molecule has 0 saturated heterocycles. The van der Waals surface area contributed by atoms with Gasteiger partial charge in [0.1, 0.15) is 6.33 Å². The van der Waals surface area contributed by atoms with E-state index in [1.54, 1.807) is 23.2 Å². The lowest BCUT2D eigenvalue weighted by molar-refractivity contribution is 0.0950. The van der Waals surface area contributed by atoms with E-state index < -0.39 is 0 Å². The molecule has 0 unspecified atom stereocenters. The first-order chi connectivity index (χ1) is 15.0. The quantitative estimate of drug-likeness (QED) is 0.507. The Hall–Kier alpha value is -4.07. The Labute approximate surface area is 179 Å². The number of amides is 1. The van der Waals surface area contributed by atoms with Crippen molar-refractivity contribution in [3.8, 4) is 11.1 Å². The molecule has 31 heavy (non-hydrogen) atoms. The third-order valence-corrected chi connectivity index (χ3v) is 5.07. The van der Waals surface area contributed by atoms with Crippen molar-refractivity contribution in [1.29, 1.82) is 5.41 Å².